The Morgan fingerprint density at radius 1 is 0.933 bits per heavy atom. The summed E-state index contributed by atoms with van der Waals surface area (Å²) in [6.45, 7) is 4.48. The fourth-order valence-electron chi connectivity index (χ4n) is 2.34. The number of thiol groups is 1. The fraction of sp³-hybridized carbons (Fsp3) is 0.706. The predicted molar refractivity (Wildman–Crippen MR) is 110 cm³/mol. The Bertz CT molecular complexity index is 644. The van der Waals surface area contributed by atoms with E-state index in [1.807, 2.05) is 0 Å². The van der Waals surface area contributed by atoms with Gasteiger partial charge in [0.15, 0.2) is 6.04 Å². The van der Waals surface area contributed by atoms with Crippen molar-refractivity contribution in [3.05, 3.63) is 0 Å². The van der Waals surface area contributed by atoms with Crippen LogP contribution in [0, 0.1) is 5.92 Å². The molecule has 0 heterocycles. The number of aliphatic hydroxyl groups excluding tert-OH is 1. The molecule has 0 rings (SSSR count). The van der Waals surface area contributed by atoms with Gasteiger partial charge in [-0.15, -0.1) is 0 Å². The SMILES string of the molecule is CC(C)C(NC(=O)C(N)CS)C(=O)NC(CCC(N)=O)C(=O)NC(C(=O)O)C(C)O. The summed E-state index contributed by atoms with van der Waals surface area (Å²) >= 11 is 3.92. The highest BCUT2D eigenvalue weighted by Crippen LogP contribution is 2.06. The number of primary amides is 1. The molecule has 4 amide bonds. The first kappa shape index (κ1) is 27.6. The maximum Gasteiger partial charge on any atom is 0.328 e. The highest BCUT2D eigenvalue weighted by Gasteiger charge is 2.32. The van der Waals surface area contributed by atoms with E-state index in [4.69, 9.17) is 16.6 Å². The van der Waals surface area contributed by atoms with E-state index < -0.39 is 59.9 Å². The number of carbonyl (C=O) groups is 5. The summed E-state index contributed by atoms with van der Waals surface area (Å²) in [6.07, 6.45) is -1.90. The number of hydrogen-bond donors (Lipinski definition) is 8. The minimum absolute atomic E-state index is 0.0534. The zero-order valence-corrected chi connectivity index (χ0v) is 18.0. The topological polar surface area (TPSA) is 214 Å². The average molecular weight is 450 g/mol. The molecule has 0 spiro atoms. The number of nitrogens with one attached hydrogen (secondary N) is 3. The third-order valence-corrected chi connectivity index (χ3v) is 4.53. The van der Waals surface area contributed by atoms with Gasteiger partial charge in [0.1, 0.15) is 12.1 Å². The molecule has 0 aromatic rings. The lowest BCUT2D eigenvalue weighted by Crippen LogP contribution is -2.59. The van der Waals surface area contributed by atoms with Crippen molar-refractivity contribution < 1.29 is 34.2 Å². The number of nitrogens with two attached hydrogens (primary N) is 2. The average Bonchev–Trinajstić information content (AvgIpc) is 2.64. The highest BCUT2D eigenvalue weighted by atomic mass is 32.1. The molecule has 0 aliphatic carbocycles. The molecule has 0 bridgehead atoms. The Hall–Kier alpha value is -2.38. The number of rotatable bonds is 13. The zero-order chi connectivity index (χ0) is 23.6. The van der Waals surface area contributed by atoms with Gasteiger partial charge in [0, 0.05) is 12.2 Å². The number of carboxylic acids is 1. The molecule has 30 heavy (non-hydrogen) atoms. The van der Waals surface area contributed by atoms with Crippen LogP contribution in [0.3, 0.4) is 0 Å². The van der Waals surface area contributed by atoms with Crippen molar-refractivity contribution in [2.24, 2.45) is 17.4 Å². The van der Waals surface area contributed by atoms with E-state index in [0.717, 1.165) is 0 Å². The van der Waals surface area contributed by atoms with Crippen molar-refractivity contribution in [2.45, 2.75) is 63.9 Å². The van der Waals surface area contributed by atoms with E-state index in [-0.39, 0.29) is 24.5 Å². The second-order valence-electron chi connectivity index (χ2n) is 7.15. The lowest BCUT2D eigenvalue weighted by Gasteiger charge is -2.27. The number of aliphatic hydroxyl groups is 1. The van der Waals surface area contributed by atoms with Crippen LogP contribution in [0.1, 0.15) is 33.6 Å². The summed E-state index contributed by atoms with van der Waals surface area (Å²) in [5.74, 6) is -4.83. The standard InChI is InChI=1S/C17H31N5O7S/c1-7(2)12(21-14(25)9(18)6-30)16(27)20-10(4-5-11(19)24)15(26)22-13(8(3)23)17(28)29/h7-10,12-13,23,30H,4-6,18H2,1-3H3,(H2,19,24)(H,20,27)(H,21,25)(H,22,26)(H,28,29). The van der Waals surface area contributed by atoms with Crippen molar-refractivity contribution in [1.29, 1.82) is 0 Å². The lowest BCUT2D eigenvalue weighted by atomic mass is 10.0. The van der Waals surface area contributed by atoms with Gasteiger partial charge in [-0.05, 0) is 19.3 Å². The molecule has 0 radical (unpaired) electrons. The van der Waals surface area contributed by atoms with Crippen LogP contribution in [-0.4, -0.2) is 75.8 Å². The van der Waals surface area contributed by atoms with Crippen molar-refractivity contribution in [3.63, 3.8) is 0 Å². The molecule has 9 N–H and O–H groups in total. The molecular formula is C17H31N5O7S. The van der Waals surface area contributed by atoms with Crippen LogP contribution in [0.15, 0.2) is 0 Å². The van der Waals surface area contributed by atoms with E-state index in [1.54, 1.807) is 13.8 Å². The molecule has 0 saturated carbocycles. The summed E-state index contributed by atoms with van der Waals surface area (Å²) in [4.78, 5) is 59.5. The van der Waals surface area contributed by atoms with Crippen molar-refractivity contribution in [3.8, 4) is 0 Å². The van der Waals surface area contributed by atoms with Gasteiger partial charge in [0.05, 0.1) is 12.1 Å². The van der Waals surface area contributed by atoms with Gasteiger partial charge < -0.3 is 37.6 Å². The summed E-state index contributed by atoms with van der Waals surface area (Å²) in [5.41, 5.74) is 10.7. The minimum Gasteiger partial charge on any atom is -0.480 e. The summed E-state index contributed by atoms with van der Waals surface area (Å²) < 4.78 is 0. The fourth-order valence-corrected chi connectivity index (χ4v) is 2.50. The molecule has 0 aliphatic heterocycles. The Morgan fingerprint density at radius 2 is 1.47 bits per heavy atom. The van der Waals surface area contributed by atoms with E-state index in [2.05, 4.69) is 28.6 Å². The van der Waals surface area contributed by atoms with Crippen molar-refractivity contribution in [2.75, 3.05) is 5.75 Å². The molecule has 12 nitrogen and oxygen atoms in total. The molecular weight excluding hydrogens is 418 g/mol. The normalized spacial score (nSPS) is 16.0. The largest absolute Gasteiger partial charge is 0.480 e. The monoisotopic (exact) mass is 449 g/mol. The van der Waals surface area contributed by atoms with E-state index in [1.165, 1.54) is 6.92 Å². The Labute approximate surface area is 179 Å². The van der Waals surface area contributed by atoms with Crippen LogP contribution in [0.5, 0.6) is 0 Å². The summed E-state index contributed by atoms with van der Waals surface area (Å²) in [6, 6.07) is -4.96. The smallest absolute Gasteiger partial charge is 0.328 e. The zero-order valence-electron chi connectivity index (χ0n) is 17.1. The molecule has 5 atom stereocenters. The highest BCUT2D eigenvalue weighted by molar-refractivity contribution is 7.80. The van der Waals surface area contributed by atoms with Gasteiger partial charge in [0.25, 0.3) is 0 Å². The van der Waals surface area contributed by atoms with E-state index >= 15 is 0 Å². The third-order valence-electron chi connectivity index (χ3n) is 4.14. The molecule has 0 aromatic heterocycles. The van der Waals surface area contributed by atoms with Crippen LogP contribution < -0.4 is 27.4 Å². The predicted octanol–water partition coefficient (Wildman–Crippen LogP) is -2.92. The maximum atomic E-state index is 12.7. The first-order valence-electron chi connectivity index (χ1n) is 9.28. The van der Waals surface area contributed by atoms with Gasteiger partial charge in [-0.1, -0.05) is 13.8 Å². The van der Waals surface area contributed by atoms with Crippen LogP contribution in [0.2, 0.25) is 0 Å². The summed E-state index contributed by atoms with van der Waals surface area (Å²) in [7, 11) is 0. The van der Waals surface area contributed by atoms with Crippen LogP contribution in [-0.2, 0) is 24.0 Å². The molecule has 0 saturated heterocycles. The van der Waals surface area contributed by atoms with E-state index in [9.17, 15) is 29.1 Å². The Kier molecular flexibility index (Phi) is 12.0. The molecule has 172 valence electrons. The third kappa shape index (κ3) is 9.41. The molecule has 0 aliphatic rings. The second kappa shape index (κ2) is 13.0. The number of carbonyl (C=O) groups excluding carboxylic acids is 4. The number of carboxylic acid groups (broad SMARTS) is 1. The molecule has 5 unspecified atom stereocenters. The quantitative estimate of drug-likeness (QED) is 0.136. The first-order chi connectivity index (χ1) is 13.8. The van der Waals surface area contributed by atoms with Crippen LogP contribution in [0.4, 0.5) is 0 Å². The number of hydrogen-bond acceptors (Lipinski definition) is 8. The molecule has 0 aromatic carbocycles. The van der Waals surface area contributed by atoms with Gasteiger partial charge in [0.2, 0.25) is 23.6 Å². The number of amides is 4. The first-order valence-corrected chi connectivity index (χ1v) is 9.91. The van der Waals surface area contributed by atoms with Gasteiger partial charge in [-0.25, -0.2) is 4.79 Å². The maximum absolute atomic E-state index is 12.7. The van der Waals surface area contributed by atoms with Crippen LogP contribution in [0.25, 0.3) is 0 Å². The van der Waals surface area contributed by atoms with Crippen molar-refractivity contribution >= 4 is 42.2 Å². The molecule has 13 heteroatoms. The van der Waals surface area contributed by atoms with Gasteiger partial charge in [-0.3, -0.25) is 19.2 Å². The second-order valence-corrected chi connectivity index (χ2v) is 7.52. The van der Waals surface area contributed by atoms with Crippen molar-refractivity contribution in [1.82, 2.24) is 16.0 Å². The van der Waals surface area contributed by atoms with Crippen LogP contribution >= 0.6 is 12.6 Å². The minimum atomic E-state index is -1.63. The molecule has 0 fully saturated rings. The van der Waals surface area contributed by atoms with Gasteiger partial charge in [-0.2, -0.15) is 12.6 Å². The Balaban J connectivity index is 5.47. The number of aliphatic carboxylic acids is 1. The van der Waals surface area contributed by atoms with E-state index in [0.29, 0.717) is 0 Å². The van der Waals surface area contributed by atoms with Gasteiger partial charge >= 0.3 is 5.97 Å². The Morgan fingerprint density at radius 3 is 1.87 bits per heavy atom. The summed E-state index contributed by atoms with van der Waals surface area (Å²) in [5, 5.41) is 25.6. The lowest BCUT2D eigenvalue weighted by molar-refractivity contribution is -0.145.